The molecule has 1 aromatic carbocycles. The summed E-state index contributed by atoms with van der Waals surface area (Å²) in [4.78, 5) is 11.9. The molecule has 1 aliphatic rings. The summed E-state index contributed by atoms with van der Waals surface area (Å²) >= 11 is 0. The Labute approximate surface area is 160 Å². The number of carbonyl (C=O) groups is 1. The Morgan fingerprint density at radius 1 is 1.29 bits per heavy atom. The molecule has 152 valence electrons. The second kappa shape index (κ2) is 9.20. The number of benzene rings is 1. The molecule has 0 aliphatic carbocycles. The quantitative estimate of drug-likeness (QED) is 0.740. The van der Waals surface area contributed by atoms with E-state index in [9.17, 15) is 18.0 Å². The summed E-state index contributed by atoms with van der Waals surface area (Å²) in [5.74, 6) is 0.594. The van der Waals surface area contributed by atoms with Gasteiger partial charge in [-0.3, -0.25) is 4.79 Å². The second-order valence-corrected chi connectivity index (χ2v) is 6.69. The van der Waals surface area contributed by atoms with Gasteiger partial charge in [0.1, 0.15) is 6.61 Å². The van der Waals surface area contributed by atoms with Crippen LogP contribution in [0.1, 0.15) is 29.0 Å². The monoisotopic (exact) mass is 398 g/mol. The van der Waals surface area contributed by atoms with Gasteiger partial charge in [0.05, 0.1) is 30.9 Å². The van der Waals surface area contributed by atoms with Crippen LogP contribution in [0.15, 0.2) is 34.9 Å². The SMILES string of the molecule is O=C(Cc1cc(COCc2cccc(C(F)(F)F)c2)on1)NCC1CCOC1. The summed E-state index contributed by atoms with van der Waals surface area (Å²) in [5, 5.41) is 6.66. The third-order valence-corrected chi connectivity index (χ3v) is 4.33. The highest BCUT2D eigenvalue weighted by molar-refractivity contribution is 5.78. The highest BCUT2D eigenvalue weighted by Gasteiger charge is 2.30. The maximum atomic E-state index is 12.7. The molecule has 1 N–H and O–H groups in total. The number of nitrogens with zero attached hydrogens (tertiary/aromatic N) is 1. The first kappa shape index (κ1) is 20.3. The highest BCUT2D eigenvalue weighted by atomic mass is 19.4. The van der Waals surface area contributed by atoms with Crippen LogP contribution in [0, 0.1) is 5.92 Å². The van der Waals surface area contributed by atoms with E-state index in [1.165, 1.54) is 6.07 Å². The van der Waals surface area contributed by atoms with Crippen molar-refractivity contribution in [3.63, 3.8) is 0 Å². The number of ether oxygens (including phenoxy) is 2. The second-order valence-electron chi connectivity index (χ2n) is 6.69. The minimum absolute atomic E-state index is 0.00387. The van der Waals surface area contributed by atoms with Gasteiger partial charge >= 0.3 is 6.18 Å². The number of nitrogens with one attached hydrogen (secondary N) is 1. The van der Waals surface area contributed by atoms with E-state index in [0.29, 0.717) is 36.1 Å². The Morgan fingerprint density at radius 3 is 2.89 bits per heavy atom. The maximum absolute atomic E-state index is 12.7. The lowest BCUT2D eigenvalue weighted by Crippen LogP contribution is -2.30. The molecule has 1 amide bonds. The van der Waals surface area contributed by atoms with Crippen molar-refractivity contribution in [3.8, 4) is 0 Å². The molecular formula is C19H21F3N2O4. The van der Waals surface area contributed by atoms with Gasteiger partial charge in [0.25, 0.3) is 0 Å². The number of hydrogen-bond acceptors (Lipinski definition) is 5. The van der Waals surface area contributed by atoms with Crippen molar-refractivity contribution in [1.29, 1.82) is 0 Å². The van der Waals surface area contributed by atoms with Crippen molar-refractivity contribution < 1.29 is 32.0 Å². The third-order valence-electron chi connectivity index (χ3n) is 4.33. The van der Waals surface area contributed by atoms with Crippen LogP contribution in [0.3, 0.4) is 0 Å². The van der Waals surface area contributed by atoms with Gasteiger partial charge in [0, 0.05) is 25.1 Å². The molecule has 1 unspecified atom stereocenters. The van der Waals surface area contributed by atoms with Gasteiger partial charge in [-0.15, -0.1) is 0 Å². The van der Waals surface area contributed by atoms with Crippen molar-refractivity contribution >= 4 is 5.91 Å². The van der Waals surface area contributed by atoms with Crippen LogP contribution >= 0.6 is 0 Å². The first-order valence-corrected chi connectivity index (χ1v) is 8.93. The molecule has 6 nitrogen and oxygen atoms in total. The van der Waals surface area contributed by atoms with E-state index in [0.717, 1.165) is 25.2 Å². The highest BCUT2D eigenvalue weighted by Crippen LogP contribution is 2.29. The average molecular weight is 398 g/mol. The fourth-order valence-electron chi connectivity index (χ4n) is 2.84. The Kier molecular flexibility index (Phi) is 6.69. The lowest BCUT2D eigenvalue weighted by atomic mass is 10.1. The van der Waals surface area contributed by atoms with Gasteiger partial charge in [0.15, 0.2) is 5.76 Å². The molecule has 28 heavy (non-hydrogen) atoms. The fourth-order valence-corrected chi connectivity index (χ4v) is 2.84. The summed E-state index contributed by atoms with van der Waals surface area (Å²) in [7, 11) is 0. The number of aromatic nitrogens is 1. The van der Waals surface area contributed by atoms with Crippen molar-refractivity contribution in [3.05, 3.63) is 52.9 Å². The van der Waals surface area contributed by atoms with E-state index in [4.69, 9.17) is 14.0 Å². The number of hydrogen-bond donors (Lipinski definition) is 1. The van der Waals surface area contributed by atoms with Gasteiger partial charge in [-0.05, 0) is 24.1 Å². The Bertz CT molecular complexity index is 785. The van der Waals surface area contributed by atoms with Gasteiger partial charge in [-0.2, -0.15) is 13.2 Å². The van der Waals surface area contributed by atoms with Crippen molar-refractivity contribution in [2.45, 2.75) is 32.2 Å². The molecule has 3 rings (SSSR count). The molecule has 1 saturated heterocycles. The molecule has 0 radical (unpaired) electrons. The van der Waals surface area contributed by atoms with E-state index in [-0.39, 0.29) is 25.5 Å². The molecule has 2 heterocycles. The molecule has 0 bridgehead atoms. The molecular weight excluding hydrogens is 377 g/mol. The zero-order valence-electron chi connectivity index (χ0n) is 15.1. The van der Waals surface area contributed by atoms with Gasteiger partial charge in [-0.25, -0.2) is 0 Å². The predicted molar refractivity (Wildman–Crippen MR) is 92.1 cm³/mol. The standard InChI is InChI=1S/C19H21F3N2O4/c20-19(21,22)15-3-1-2-13(6-15)10-27-12-17-7-16(24-28-17)8-18(25)23-9-14-4-5-26-11-14/h1-3,6-7,14H,4-5,8-12H2,(H,23,25). The Morgan fingerprint density at radius 2 is 2.14 bits per heavy atom. The summed E-state index contributed by atoms with van der Waals surface area (Å²) in [5.41, 5.74) is 0.161. The van der Waals surface area contributed by atoms with Crippen LogP contribution < -0.4 is 5.32 Å². The minimum atomic E-state index is -4.39. The molecule has 1 aliphatic heterocycles. The molecule has 1 aromatic heterocycles. The van der Waals surface area contributed by atoms with E-state index >= 15 is 0 Å². The third kappa shape index (κ3) is 6.07. The van der Waals surface area contributed by atoms with Crippen LogP contribution in [0.4, 0.5) is 13.2 Å². The van der Waals surface area contributed by atoms with Crippen molar-refractivity contribution in [2.24, 2.45) is 5.92 Å². The Balaban J connectivity index is 1.41. The van der Waals surface area contributed by atoms with E-state index in [1.807, 2.05) is 0 Å². The first-order chi connectivity index (χ1) is 13.4. The van der Waals surface area contributed by atoms with Crippen LogP contribution in [0.5, 0.6) is 0 Å². The zero-order chi connectivity index (χ0) is 20.0. The van der Waals surface area contributed by atoms with E-state index < -0.39 is 11.7 Å². The normalized spacial score (nSPS) is 17.0. The first-order valence-electron chi connectivity index (χ1n) is 8.93. The summed E-state index contributed by atoms with van der Waals surface area (Å²) in [6, 6.07) is 6.55. The average Bonchev–Trinajstić information content (AvgIpc) is 3.32. The van der Waals surface area contributed by atoms with Crippen LogP contribution in [0.25, 0.3) is 0 Å². The molecule has 9 heteroatoms. The van der Waals surface area contributed by atoms with E-state index in [2.05, 4.69) is 10.5 Å². The van der Waals surface area contributed by atoms with E-state index in [1.54, 1.807) is 12.1 Å². The molecule has 1 atom stereocenters. The fraction of sp³-hybridized carbons (Fsp3) is 0.474. The predicted octanol–water partition coefficient (Wildman–Crippen LogP) is 3.11. The number of amides is 1. The molecule has 0 saturated carbocycles. The van der Waals surface area contributed by atoms with Gasteiger partial charge < -0.3 is 19.3 Å². The lowest BCUT2D eigenvalue weighted by molar-refractivity contribution is -0.137. The van der Waals surface area contributed by atoms with Crippen molar-refractivity contribution in [1.82, 2.24) is 10.5 Å². The topological polar surface area (TPSA) is 73.6 Å². The number of halogens is 3. The molecule has 0 spiro atoms. The summed E-state index contributed by atoms with van der Waals surface area (Å²) in [6.07, 6.45) is -3.36. The largest absolute Gasteiger partial charge is 0.416 e. The molecule has 1 fully saturated rings. The molecule has 2 aromatic rings. The summed E-state index contributed by atoms with van der Waals surface area (Å²) in [6.45, 7) is 2.02. The zero-order valence-corrected chi connectivity index (χ0v) is 15.1. The number of alkyl halides is 3. The number of rotatable bonds is 8. The summed E-state index contributed by atoms with van der Waals surface area (Å²) < 4.78 is 53.9. The maximum Gasteiger partial charge on any atom is 0.416 e. The Hall–Kier alpha value is -2.39. The van der Waals surface area contributed by atoms with Gasteiger partial charge in [0.2, 0.25) is 5.91 Å². The number of carbonyl (C=O) groups excluding carboxylic acids is 1. The van der Waals surface area contributed by atoms with Crippen molar-refractivity contribution in [2.75, 3.05) is 19.8 Å². The van der Waals surface area contributed by atoms with Gasteiger partial charge in [-0.1, -0.05) is 17.3 Å². The van der Waals surface area contributed by atoms with Crippen LogP contribution in [0.2, 0.25) is 0 Å². The van der Waals surface area contributed by atoms with Crippen LogP contribution in [-0.4, -0.2) is 30.8 Å². The van der Waals surface area contributed by atoms with Crippen LogP contribution in [-0.2, 0) is 40.1 Å². The minimum Gasteiger partial charge on any atom is -0.381 e. The smallest absolute Gasteiger partial charge is 0.381 e. The lowest BCUT2D eigenvalue weighted by Gasteiger charge is -2.08.